The quantitative estimate of drug-likeness (QED) is 0.685. The number of alkyl halides is 4. The van der Waals surface area contributed by atoms with Crippen molar-refractivity contribution in [3.63, 3.8) is 0 Å². The Bertz CT molecular complexity index is 880. The van der Waals surface area contributed by atoms with Crippen molar-refractivity contribution in [3.8, 4) is 0 Å². The van der Waals surface area contributed by atoms with Gasteiger partial charge in [0.25, 0.3) is 0 Å². The van der Waals surface area contributed by atoms with Crippen LogP contribution in [0.4, 0.5) is 17.6 Å². The van der Waals surface area contributed by atoms with E-state index < -0.39 is 44.3 Å². The molecule has 0 bridgehead atoms. The monoisotopic (exact) mass is 450 g/mol. The number of hydrogen-bond acceptors (Lipinski definition) is 4. The lowest BCUT2D eigenvalue weighted by Crippen LogP contribution is -2.49. The molecule has 1 aromatic rings. The average molecular weight is 450 g/mol. The second kappa shape index (κ2) is 8.45. The summed E-state index contributed by atoms with van der Waals surface area (Å²) < 4.78 is 79.6. The van der Waals surface area contributed by atoms with E-state index in [4.69, 9.17) is 5.73 Å². The van der Waals surface area contributed by atoms with Crippen molar-refractivity contribution in [1.82, 2.24) is 5.32 Å². The fraction of sp³-hybridized carbons (Fsp3) is 0.650. The second-order valence-corrected chi connectivity index (χ2v) is 10.5. The predicted octanol–water partition coefficient (Wildman–Crippen LogP) is 3.72. The van der Waals surface area contributed by atoms with Crippen LogP contribution in [0.25, 0.3) is 0 Å². The molecule has 0 aromatic heterocycles. The van der Waals surface area contributed by atoms with Crippen LogP contribution in [0.5, 0.6) is 0 Å². The van der Waals surface area contributed by atoms with Gasteiger partial charge < -0.3 is 11.1 Å². The van der Waals surface area contributed by atoms with Crippen molar-refractivity contribution in [3.05, 3.63) is 29.8 Å². The molecule has 0 radical (unpaired) electrons. The fourth-order valence-corrected chi connectivity index (χ4v) is 6.04. The summed E-state index contributed by atoms with van der Waals surface area (Å²) in [5.41, 5.74) is 4.87. The van der Waals surface area contributed by atoms with E-state index in [-0.39, 0.29) is 36.8 Å². The molecule has 0 saturated heterocycles. The zero-order chi connectivity index (χ0) is 22.2. The van der Waals surface area contributed by atoms with Crippen LogP contribution < -0.4 is 11.1 Å². The van der Waals surface area contributed by atoms with Gasteiger partial charge in [0.05, 0.1) is 16.4 Å². The first kappa shape index (κ1) is 23.0. The summed E-state index contributed by atoms with van der Waals surface area (Å²) in [4.78, 5) is 11.8. The van der Waals surface area contributed by atoms with Gasteiger partial charge in [-0.1, -0.05) is 18.9 Å². The van der Waals surface area contributed by atoms with Gasteiger partial charge in [0.15, 0.2) is 0 Å². The molecular weight excluding hydrogens is 424 g/mol. The highest BCUT2D eigenvalue weighted by Crippen LogP contribution is 2.41. The van der Waals surface area contributed by atoms with E-state index in [1.165, 1.54) is 0 Å². The summed E-state index contributed by atoms with van der Waals surface area (Å²) in [6.07, 6.45) is -1.99. The summed E-state index contributed by atoms with van der Waals surface area (Å²) in [6, 6.07) is 2.54. The van der Waals surface area contributed by atoms with Crippen molar-refractivity contribution < 1.29 is 30.8 Å². The number of sulfone groups is 1. The van der Waals surface area contributed by atoms with Crippen molar-refractivity contribution >= 4 is 15.7 Å². The van der Waals surface area contributed by atoms with Crippen LogP contribution in [0.15, 0.2) is 29.2 Å². The third kappa shape index (κ3) is 4.64. The zero-order valence-corrected chi connectivity index (χ0v) is 17.2. The third-order valence-corrected chi connectivity index (χ3v) is 8.43. The molecule has 0 unspecified atom stereocenters. The molecule has 3 rings (SSSR count). The maximum Gasteiger partial charge on any atom is 0.416 e. The number of carbonyl (C=O) groups is 1. The van der Waals surface area contributed by atoms with Gasteiger partial charge in [0.2, 0.25) is 20.7 Å². The highest BCUT2D eigenvalue weighted by Gasteiger charge is 2.48. The smallest absolute Gasteiger partial charge is 0.353 e. The minimum Gasteiger partial charge on any atom is -0.353 e. The lowest BCUT2D eigenvalue weighted by molar-refractivity contribution is -0.137. The molecule has 30 heavy (non-hydrogen) atoms. The second-order valence-electron chi connectivity index (χ2n) is 8.25. The fourth-order valence-electron chi connectivity index (χ4n) is 4.31. The van der Waals surface area contributed by atoms with Crippen LogP contribution >= 0.6 is 0 Å². The minimum absolute atomic E-state index is 0.0857. The lowest BCUT2D eigenvalue weighted by atomic mass is 9.84. The maximum atomic E-state index is 15.4. The van der Waals surface area contributed by atoms with Gasteiger partial charge >= 0.3 is 6.18 Å². The summed E-state index contributed by atoms with van der Waals surface area (Å²) in [5, 5.41) is 0.181. The van der Waals surface area contributed by atoms with Gasteiger partial charge in [0.1, 0.15) is 0 Å². The molecule has 10 heteroatoms. The summed E-state index contributed by atoms with van der Waals surface area (Å²) in [6.45, 7) is 0. The van der Waals surface area contributed by atoms with E-state index in [1.54, 1.807) is 0 Å². The van der Waals surface area contributed by atoms with Gasteiger partial charge in [-0.3, -0.25) is 4.79 Å². The molecule has 0 aliphatic heterocycles. The maximum absolute atomic E-state index is 15.4. The topological polar surface area (TPSA) is 89.3 Å². The Kier molecular flexibility index (Phi) is 6.48. The van der Waals surface area contributed by atoms with E-state index >= 15 is 4.39 Å². The number of nitrogens with two attached hydrogens (primary N) is 1. The molecule has 2 aliphatic rings. The van der Waals surface area contributed by atoms with Crippen LogP contribution in [0.1, 0.15) is 56.9 Å². The van der Waals surface area contributed by atoms with Crippen LogP contribution in [0.2, 0.25) is 0 Å². The van der Waals surface area contributed by atoms with E-state index in [0.717, 1.165) is 37.5 Å². The number of halogens is 4. The summed E-state index contributed by atoms with van der Waals surface area (Å²) >= 11 is 0. The largest absolute Gasteiger partial charge is 0.416 e. The average Bonchev–Trinajstić information content (AvgIpc) is 2.69. The molecular formula is C20H26F4N2O3S. The Hall–Kier alpha value is -1.68. The predicted molar refractivity (Wildman–Crippen MR) is 103 cm³/mol. The normalized spacial score (nSPS) is 30.6. The molecule has 0 spiro atoms. The Balaban J connectivity index is 1.67. The molecule has 1 amide bonds. The van der Waals surface area contributed by atoms with Crippen LogP contribution in [-0.2, 0) is 20.8 Å². The van der Waals surface area contributed by atoms with Crippen molar-refractivity contribution in [2.24, 2.45) is 11.7 Å². The molecule has 2 atom stereocenters. The Labute approximate surface area is 173 Å². The molecule has 2 saturated carbocycles. The van der Waals surface area contributed by atoms with Crippen molar-refractivity contribution in [2.75, 3.05) is 0 Å². The number of benzene rings is 1. The summed E-state index contributed by atoms with van der Waals surface area (Å²) in [5.74, 6) is -0.496. The molecule has 3 N–H and O–H groups in total. The SMILES string of the molecule is N[C@@H]1CCCC[C@H]1C(=O)N[C@H]1CC[C@@](F)(S(=O)(=O)c2cccc(C(F)(F)F)c2)CC1. The highest BCUT2D eigenvalue weighted by atomic mass is 32.2. The molecule has 2 aliphatic carbocycles. The minimum atomic E-state index is -4.73. The number of rotatable bonds is 4. The molecule has 5 nitrogen and oxygen atoms in total. The van der Waals surface area contributed by atoms with Crippen LogP contribution in [0, 0.1) is 5.92 Å². The van der Waals surface area contributed by atoms with E-state index in [9.17, 15) is 26.4 Å². The van der Waals surface area contributed by atoms with E-state index in [0.29, 0.717) is 12.5 Å². The van der Waals surface area contributed by atoms with Gasteiger partial charge in [-0.2, -0.15) is 13.2 Å². The van der Waals surface area contributed by atoms with Gasteiger partial charge in [-0.15, -0.1) is 0 Å². The highest BCUT2D eigenvalue weighted by molar-refractivity contribution is 7.92. The Morgan fingerprint density at radius 3 is 2.33 bits per heavy atom. The molecule has 2 fully saturated rings. The van der Waals surface area contributed by atoms with E-state index in [1.807, 2.05) is 0 Å². The number of hydrogen-bond donors (Lipinski definition) is 2. The van der Waals surface area contributed by atoms with Crippen LogP contribution in [-0.4, -0.2) is 31.4 Å². The first-order valence-corrected chi connectivity index (χ1v) is 11.6. The number of carbonyl (C=O) groups excluding carboxylic acids is 1. The van der Waals surface area contributed by atoms with Crippen LogP contribution in [0.3, 0.4) is 0 Å². The zero-order valence-electron chi connectivity index (χ0n) is 16.4. The van der Waals surface area contributed by atoms with E-state index in [2.05, 4.69) is 5.32 Å². The van der Waals surface area contributed by atoms with Crippen molar-refractivity contribution in [2.45, 2.75) is 79.5 Å². The first-order valence-electron chi connectivity index (χ1n) is 10.1. The van der Waals surface area contributed by atoms with Gasteiger partial charge in [0, 0.05) is 12.1 Å². The molecule has 1 aromatic carbocycles. The first-order chi connectivity index (χ1) is 13.9. The van der Waals surface area contributed by atoms with Gasteiger partial charge in [-0.25, -0.2) is 12.8 Å². The molecule has 0 heterocycles. The van der Waals surface area contributed by atoms with Gasteiger partial charge in [-0.05, 0) is 56.7 Å². The molecule has 168 valence electrons. The number of nitrogens with one attached hydrogen (secondary N) is 1. The third-order valence-electron chi connectivity index (χ3n) is 6.19. The van der Waals surface area contributed by atoms with Crippen molar-refractivity contribution in [1.29, 1.82) is 0 Å². The Morgan fingerprint density at radius 1 is 1.10 bits per heavy atom. The Morgan fingerprint density at radius 2 is 1.73 bits per heavy atom. The summed E-state index contributed by atoms with van der Waals surface area (Å²) in [7, 11) is -4.62. The lowest BCUT2D eigenvalue weighted by Gasteiger charge is -2.35. The standard InChI is InChI=1S/C20H26F4N2O3S/c21-19(30(28,29)15-5-3-4-13(12-15)20(22,23)24)10-8-14(9-11-19)26-18(27)16-6-1-2-7-17(16)25/h3-5,12,14,16-17H,1-2,6-11,25H2,(H,26,27)/t14-,16-,17-,19+/m1/s1. The number of amides is 1.